The third kappa shape index (κ3) is 2.18. The molecular formula is C10H19BO3. The molecule has 1 saturated heterocycles. The molecule has 14 heavy (non-hydrogen) atoms. The zero-order valence-corrected chi connectivity index (χ0v) is 9.66. The molecule has 0 radical (unpaired) electrons. The zero-order valence-electron chi connectivity index (χ0n) is 9.66. The van der Waals surface area contributed by atoms with Crippen LogP contribution in [0.4, 0.5) is 0 Å². The lowest BCUT2D eigenvalue weighted by atomic mass is 9.74. The Hall–Kier alpha value is -0.345. The van der Waals surface area contributed by atoms with Crippen LogP contribution in [0.15, 0.2) is 0 Å². The van der Waals surface area contributed by atoms with Gasteiger partial charge in [0.25, 0.3) is 0 Å². The number of rotatable bonds is 2. The highest BCUT2D eigenvalue weighted by Crippen LogP contribution is 2.33. The Morgan fingerprint density at radius 2 is 2.07 bits per heavy atom. The normalized spacial score (nSPS) is 31.6. The Labute approximate surface area is 86.3 Å². The first-order valence-electron chi connectivity index (χ1n) is 5.22. The van der Waals surface area contributed by atoms with Crippen molar-refractivity contribution >= 4 is 12.9 Å². The van der Waals surface area contributed by atoms with E-state index in [1.54, 1.807) is 6.92 Å². The van der Waals surface area contributed by atoms with Gasteiger partial charge in [0.05, 0.1) is 17.6 Å². The fourth-order valence-corrected chi connectivity index (χ4v) is 2.32. The molecule has 1 aliphatic rings. The lowest BCUT2D eigenvalue weighted by Gasteiger charge is -2.44. The van der Waals surface area contributed by atoms with E-state index in [0.717, 1.165) is 6.32 Å². The number of carbonyl (C=O) groups excluding carboxylic acids is 1. The van der Waals surface area contributed by atoms with Crippen LogP contribution in [0.2, 0.25) is 6.32 Å². The first kappa shape index (κ1) is 11.7. The van der Waals surface area contributed by atoms with Crippen LogP contribution in [0.25, 0.3) is 0 Å². The van der Waals surface area contributed by atoms with E-state index in [4.69, 9.17) is 9.31 Å². The second-order valence-electron chi connectivity index (χ2n) is 4.49. The fraction of sp³-hybridized carbons (Fsp3) is 0.900. The highest BCUT2D eigenvalue weighted by molar-refractivity contribution is 6.44. The summed E-state index contributed by atoms with van der Waals surface area (Å²) in [5, 5.41) is 0. The summed E-state index contributed by atoms with van der Waals surface area (Å²) in [7, 11) is -0.171. The van der Waals surface area contributed by atoms with E-state index in [0.29, 0.717) is 0 Å². The van der Waals surface area contributed by atoms with Gasteiger partial charge in [0.1, 0.15) is 5.78 Å². The smallest absolute Gasteiger partial charge is 0.408 e. The molecule has 0 spiro atoms. The van der Waals surface area contributed by atoms with Gasteiger partial charge in [0.2, 0.25) is 0 Å². The maximum atomic E-state index is 11.5. The minimum Gasteiger partial charge on any atom is -0.408 e. The Bertz CT molecular complexity index is 227. The van der Waals surface area contributed by atoms with Gasteiger partial charge < -0.3 is 9.31 Å². The van der Waals surface area contributed by atoms with Crippen molar-refractivity contribution in [3.05, 3.63) is 0 Å². The van der Waals surface area contributed by atoms with Crippen LogP contribution >= 0.6 is 0 Å². The third-order valence-corrected chi connectivity index (χ3v) is 2.79. The van der Waals surface area contributed by atoms with Crippen molar-refractivity contribution in [2.24, 2.45) is 5.92 Å². The second kappa shape index (κ2) is 4.03. The van der Waals surface area contributed by atoms with E-state index in [2.05, 4.69) is 0 Å². The molecule has 0 aromatic carbocycles. The predicted octanol–water partition coefficient (Wildman–Crippen LogP) is 1.91. The number of ketones is 1. The summed E-state index contributed by atoms with van der Waals surface area (Å²) in [5.74, 6) is -0.0256. The van der Waals surface area contributed by atoms with Crippen LogP contribution in [0, 0.1) is 5.92 Å². The third-order valence-electron chi connectivity index (χ3n) is 2.79. The van der Waals surface area contributed by atoms with Gasteiger partial charge in [-0.1, -0.05) is 6.92 Å². The summed E-state index contributed by atoms with van der Waals surface area (Å²) in [5.41, 5.74) is -0.413. The minimum absolute atomic E-state index is 0.0544. The highest BCUT2D eigenvalue weighted by atomic mass is 16.6. The van der Waals surface area contributed by atoms with Crippen molar-refractivity contribution in [2.45, 2.75) is 52.6 Å². The van der Waals surface area contributed by atoms with Crippen LogP contribution in [0.5, 0.6) is 0 Å². The van der Waals surface area contributed by atoms with E-state index in [1.165, 1.54) is 0 Å². The summed E-state index contributed by atoms with van der Waals surface area (Å²) >= 11 is 0. The monoisotopic (exact) mass is 198 g/mol. The highest BCUT2D eigenvalue weighted by Gasteiger charge is 2.46. The molecule has 1 fully saturated rings. The van der Waals surface area contributed by atoms with Gasteiger partial charge in [0, 0.05) is 0 Å². The van der Waals surface area contributed by atoms with Crippen molar-refractivity contribution < 1.29 is 14.1 Å². The van der Waals surface area contributed by atoms with E-state index >= 15 is 0 Å². The summed E-state index contributed by atoms with van der Waals surface area (Å²) in [6, 6.07) is 0. The summed E-state index contributed by atoms with van der Waals surface area (Å²) in [4.78, 5) is 11.5. The summed E-state index contributed by atoms with van der Waals surface area (Å²) in [6.07, 6.45) is 0.763. The van der Waals surface area contributed by atoms with Gasteiger partial charge in [0.15, 0.2) is 0 Å². The Morgan fingerprint density at radius 3 is 2.43 bits per heavy atom. The maximum Gasteiger partial charge on any atom is 0.457 e. The Balaban J connectivity index is 2.83. The molecule has 0 aromatic rings. The van der Waals surface area contributed by atoms with E-state index in [9.17, 15) is 4.79 Å². The molecule has 80 valence electrons. The van der Waals surface area contributed by atoms with Crippen LogP contribution in [-0.4, -0.2) is 24.6 Å². The molecule has 0 amide bonds. The SMILES string of the molecule is CCB1OC(C)C(C(C)=O)C(C)(C)O1. The number of hydrogen-bond donors (Lipinski definition) is 0. The average molecular weight is 198 g/mol. The lowest BCUT2D eigenvalue weighted by molar-refractivity contribution is -0.141. The second-order valence-corrected chi connectivity index (χ2v) is 4.49. The van der Waals surface area contributed by atoms with Crippen molar-refractivity contribution in [3.63, 3.8) is 0 Å². The number of carbonyl (C=O) groups is 1. The van der Waals surface area contributed by atoms with Crippen molar-refractivity contribution in [2.75, 3.05) is 0 Å². The molecule has 0 aliphatic carbocycles. The minimum atomic E-state index is -0.413. The Kier molecular flexibility index (Phi) is 3.38. The van der Waals surface area contributed by atoms with Crippen LogP contribution < -0.4 is 0 Å². The molecule has 3 nitrogen and oxygen atoms in total. The van der Waals surface area contributed by atoms with Crippen molar-refractivity contribution in [1.82, 2.24) is 0 Å². The fourth-order valence-electron chi connectivity index (χ4n) is 2.32. The van der Waals surface area contributed by atoms with Crippen molar-refractivity contribution in [1.29, 1.82) is 0 Å². The largest absolute Gasteiger partial charge is 0.457 e. The molecule has 2 unspecified atom stereocenters. The van der Waals surface area contributed by atoms with Gasteiger partial charge in [-0.15, -0.1) is 0 Å². The first-order valence-corrected chi connectivity index (χ1v) is 5.22. The zero-order chi connectivity index (χ0) is 10.9. The molecule has 2 atom stereocenters. The standard InChI is InChI=1S/C10H19BO3/c1-6-11-13-8(3)9(7(2)12)10(4,5)14-11/h8-9H,6H2,1-5H3. The lowest BCUT2D eigenvalue weighted by Crippen LogP contribution is -2.55. The molecule has 4 heteroatoms. The molecule has 1 heterocycles. The van der Waals surface area contributed by atoms with Gasteiger partial charge in [-0.25, -0.2) is 0 Å². The average Bonchev–Trinajstić information content (AvgIpc) is 1.99. The number of hydrogen-bond acceptors (Lipinski definition) is 3. The molecule has 0 bridgehead atoms. The van der Waals surface area contributed by atoms with Crippen LogP contribution in [0.1, 0.15) is 34.6 Å². The van der Waals surface area contributed by atoms with Crippen LogP contribution in [0.3, 0.4) is 0 Å². The topological polar surface area (TPSA) is 35.5 Å². The van der Waals surface area contributed by atoms with Gasteiger partial charge in [-0.3, -0.25) is 4.79 Å². The van der Waals surface area contributed by atoms with Crippen LogP contribution in [-0.2, 0) is 14.1 Å². The van der Waals surface area contributed by atoms with E-state index in [-0.39, 0.29) is 24.9 Å². The van der Waals surface area contributed by atoms with Gasteiger partial charge >= 0.3 is 7.12 Å². The summed E-state index contributed by atoms with van der Waals surface area (Å²) in [6.45, 7) is 9.48. The molecule has 1 aliphatic heterocycles. The van der Waals surface area contributed by atoms with E-state index in [1.807, 2.05) is 27.7 Å². The molecule has 0 saturated carbocycles. The van der Waals surface area contributed by atoms with Gasteiger partial charge in [-0.05, 0) is 34.0 Å². The van der Waals surface area contributed by atoms with E-state index < -0.39 is 5.60 Å². The number of Topliss-reactive ketones (excluding diaryl/α,β-unsaturated/α-hetero) is 1. The molecule has 1 rings (SSSR count). The first-order chi connectivity index (χ1) is 6.38. The quantitative estimate of drug-likeness (QED) is 0.635. The van der Waals surface area contributed by atoms with Crippen molar-refractivity contribution in [3.8, 4) is 0 Å². The molecule has 0 aromatic heterocycles. The molecule has 0 N–H and O–H groups in total. The maximum absolute atomic E-state index is 11.5. The predicted molar refractivity (Wildman–Crippen MR) is 56.1 cm³/mol. The Morgan fingerprint density at radius 1 is 1.50 bits per heavy atom. The summed E-state index contributed by atoms with van der Waals surface area (Å²) < 4.78 is 11.3. The molecular weight excluding hydrogens is 179 g/mol. The van der Waals surface area contributed by atoms with Gasteiger partial charge in [-0.2, -0.15) is 0 Å².